The molecule has 3 heterocycles. The van der Waals surface area contributed by atoms with E-state index in [-0.39, 0.29) is 30.9 Å². The van der Waals surface area contributed by atoms with E-state index >= 15 is 0 Å². The summed E-state index contributed by atoms with van der Waals surface area (Å²) in [6, 6.07) is 16.8. The average Bonchev–Trinajstić information content (AvgIpc) is 3.59. The van der Waals surface area contributed by atoms with Gasteiger partial charge in [-0.15, -0.1) is 13.2 Å². The fourth-order valence-electron chi connectivity index (χ4n) is 7.58. The standard InChI is InChI=1S/C35H43N3O5/c1-5-8-23-36(21-6-2)33(42)30-35-20-19-34(4,43-35)28(31(40)37(22-7-3)26-17-13-10-14-18-26)29(35)32(41)38(30)27(24-39)25-15-11-9-12-16-25/h6-7,9-18,27-30,39H,2-3,5,8,19-24H2,1,4H3/t27-,28-,29+,30?,34+,35?/m1/s1. The number of anilines is 1. The molecule has 2 aromatic carbocycles. The van der Waals surface area contributed by atoms with Crippen molar-refractivity contribution in [2.75, 3.05) is 31.1 Å². The largest absolute Gasteiger partial charge is 0.394 e. The minimum absolute atomic E-state index is 0.226. The Morgan fingerprint density at radius 3 is 2.30 bits per heavy atom. The van der Waals surface area contributed by atoms with Crippen LogP contribution in [0, 0.1) is 11.8 Å². The minimum Gasteiger partial charge on any atom is -0.394 e. The van der Waals surface area contributed by atoms with Crippen molar-refractivity contribution in [3.05, 3.63) is 91.5 Å². The van der Waals surface area contributed by atoms with Gasteiger partial charge >= 0.3 is 0 Å². The monoisotopic (exact) mass is 585 g/mol. The summed E-state index contributed by atoms with van der Waals surface area (Å²) in [6.07, 6.45) is 6.06. The van der Waals surface area contributed by atoms with Gasteiger partial charge in [-0.3, -0.25) is 14.4 Å². The van der Waals surface area contributed by atoms with Crippen molar-refractivity contribution in [2.24, 2.45) is 11.8 Å². The van der Waals surface area contributed by atoms with Crippen molar-refractivity contribution in [1.82, 2.24) is 9.80 Å². The Bertz CT molecular complexity index is 1350. The van der Waals surface area contributed by atoms with Gasteiger partial charge in [-0.05, 0) is 43.9 Å². The molecule has 3 aliphatic heterocycles. The number of aliphatic hydroxyl groups is 1. The van der Waals surface area contributed by atoms with Gasteiger partial charge in [-0.25, -0.2) is 0 Å². The second-order valence-electron chi connectivity index (χ2n) is 12.1. The van der Waals surface area contributed by atoms with E-state index in [4.69, 9.17) is 4.74 Å². The zero-order chi connectivity index (χ0) is 30.8. The predicted octanol–water partition coefficient (Wildman–Crippen LogP) is 4.52. The molecule has 6 atom stereocenters. The molecule has 3 saturated heterocycles. The summed E-state index contributed by atoms with van der Waals surface area (Å²) in [6.45, 7) is 12.4. The van der Waals surface area contributed by atoms with Crippen LogP contribution in [-0.4, -0.2) is 76.1 Å². The summed E-state index contributed by atoms with van der Waals surface area (Å²) in [4.78, 5) is 48.9. The summed E-state index contributed by atoms with van der Waals surface area (Å²) in [5.74, 6) is -2.48. The molecule has 3 aliphatic rings. The first-order valence-corrected chi connectivity index (χ1v) is 15.3. The van der Waals surface area contributed by atoms with Crippen LogP contribution in [0.4, 0.5) is 5.69 Å². The van der Waals surface area contributed by atoms with E-state index in [0.29, 0.717) is 31.6 Å². The molecule has 3 fully saturated rings. The third-order valence-corrected chi connectivity index (χ3v) is 9.50. The molecule has 8 nitrogen and oxygen atoms in total. The summed E-state index contributed by atoms with van der Waals surface area (Å²) in [5, 5.41) is 10.7. The molecule has 0 aliphatic carbocycles. The van der Waals surface area contributed by atoms with Crippen molar-refractivity contribution >= 4 is 23.4 Å². The van der Waals surface area contributed by atoms with Gasteiger partial charge in [0, 0.05) is 25.3 Å². The van der Waals surface area contributed by atoms with Crippen LogP contribution in [-0.2, 0) is 19.1 Å². The van der Waals surface area contributed by atoms with Gasteiger partial charge in [0.15, 0.2) is 0 Å². The van der Waals surface area contributed by atoms with Gasteiger partial charge in [0.05, 0.1) is 30.1 Å². The molecule has 8 heteroatoms. The van der Waals surface area contributed by atoms with Gasteiger partial charge in [-0.2, -0.15) is 0 Å². The third kappa shape index (κ3) is 5.10. The number of benzene rings is 2. The molecule has 3 amide bonds. The van der Waals surface area contributed by atoms with Crippen molar-refractivity contribution in [3.63, 3.8) is 0 Å². The Labute approximate surface area is 254 Å². The molecule has 1 N–H and O–H groups in total. The van der Waals surface area contributed by atoms with Crippen LogP contribution in [0.15, 0.2) is 86.0 Å². The highest BCUT2D eigenvalue weighted by molar-refractivity contribution is 6.03. The van der Waals surface area contributed by atoms with Crippen molar-refractivity contribution in [2.45, 2.75) is 62.8 Å². The van der Waals surface area contributed by atoms with Crippen LogP contribution in [0.25, 0.3) is 0 Å². The van der Waals surface area contributed by atoms with Gasteiger partial charge in [0.2, 0.25) is 17.7 Å². The molecular weight excluding hydrogens is 542 g/mol. The number of nitrogens with zero attached hydrogens (tertiary/aromatic N) is 3. The molecule has 1 spiro atoms. The Morgan fingerprint density at radius 2 is 1.70 bits per heavy atom. The van der Waals surface area contributed by atoms with E-state index in [1.54, 1.807) is 22.0 Å². The lowest BCUT2D eigenvalue weighted by atomic mass is 9.66. The summed E-state index contributed by atoms with van der Waals surface area (Å²) >= 11 is 0. The number of fused-ring (bicyclic) bond motifs is 1. The van der Waals surface area contributed by atoms with Crippen LogP contribution in [0.2, 0.25) is 0 Å². The molecule has 5 rings (SSSR count). The number of hydrogen-bond acceptors (Lipinski definition) is 5. The fourth-order valence-corrected chi connectivity index (χ4v) is 7.58. The second kappa shape index (κ2) is 12.5. The van der Waals surface area contributed by atoms with E-state index in [1.807, 2.05) is 67.6 Å². The van der Waals surface area contributed by atoms with Crippen LogP contribution in [0.3, 0.4) is 0 Å². The lowest BCUT2D eigenvalue weighted by molar-refractivity contribution is -0.154. The summed E-state index contributed by atoms with van der Waals surface area (Å²) in [5.41, 5.74) is -0.701. The van der Waals surface area contributed by atoms with Crippen LogP contribution < -0.4 is 4.90 Å². The number of hydrogen-bond donors (Lipinski definition) is 1. The van der Waals surface area contributed by atoms with E-state index in [9.17, 15) is 19.5 Å². The summed E-state index contributed by atoms with van der Waals surface area (Å²) < 4.78 is 6.88. The molecule has 0 saturated carbocycles. The first-order valence-electron chi connectivity index (χ1n) is 15.3. The van der Waals surface area contributed by atoms with Crippen molar-refractivity contribution < 1.29 is 24.2 Å². The van der Waals surface area contributed by atoms with Gasteiger partial charge in [0.25, 0.3) is 0 Å². The number of carbonyl (C=O) groups excluding carboxylic acids is 3. The molecular formula is C35H43N3O5. The van der Waals surface area contributed by atoms with Crippen LogP contribution in [0.5, 0.6) is 0 Å². The fraction of sp³-hybridized carbons (Fsp3) is 0.457. The number of rotatable bonds is 13. The second-order valence-corrected chi connectivity index (χ2v) is 12.1. The molecule has 2 bridgehead atoms. The SMILES string of the molecule is C=CCN(CCCC)C(=O)C1N([C@H](CO)c2ccccc2)C(=O)[C@@H]2[C@H](C(=O)N(CC=C)c3ccccc3)[C@]3(C)CCC12O3. The van der Waals surface area contributed by atoms with E-state index < -0.39 is 35.1 Å². The van der Waals surface area contributed by atoms with E-state index in [2.05, 4.69) is 20.1 Å². The number of carbonyl (C=O) groups is 3. The summed E-state index contributed by atoms with van der Waals surface area (Å²) in [7, 11) is 0. The highest BCUT2D eigenvalue weighted by Gasteiger charge is 2.79. The van der Waals surface area contributed by atoms with Crippen LogP contribution in [0.1, 0.15) is 51.1 Å². The number of ether oxygens (including phenoxy) is 1. The Balaban J connectivity index is 1.64. The number of para-hydroxylation sites is 1. The van der Waals surface area contributed by atoms with E-state index in [0.717, 1.165) is 18.4 Å². The minimum atomic E-state index is -1.20. The average molecular weight is 586 g/mol. The maximum atomic E-state index is 14.8. The molecule has 0 radical (unpaired) electrons. The first kappa shape index (κ1) is 30.7. The zero-order valence-corrected chi connectivity index (χ0v) is 25.2. The lowest BCUT2D eigenvalue weighted by Crippen LogP contribution is -2.57. The van der Waals surface area contributed by atoms with Gasteiger partial charge in [0.1, 0.15) is 11.6 Å². The third-order valence-electron chi connectivity index (χ3n) is 9.50. The Hall–Kier alpha value is -3.75. The van der Waals surface area contributed by atoms with Crippen LogP contribution >= 0.6 is 0 Å². The molecule has 0 aromatic heterocycles. The van der Waals surface area contributed by atoms with Crippen molar-refractivity contribution in [1.29, 1.82) is 0 Å². The zero-order valence-electron chi connectivity index (χ0n) is 25.2. The maximum absolute atomic E-state index is 14.8. The maximum Gasteiger partial charge on any atom is 0.248 e. The molecule has 43 heavy (non-hydrogen) atoms. The molecule has 2 aromatic rings. The normalized spacial score (nSPS) is 27.9. The van der Waals surface area contributed by atoms with Gasteiger partial charge < -0.3 is 24.5 Å². The quantitative estimate of drug-likeness (QED) is 0.349. The number of aliphatic hydroxyl groups excluding tert-OH is 1. The Kier molecular flexibility index (Phi) is 8.90. The van der Waals surface area contributed by atoms with Gasteiger partial charge in [-0.1, -0.05) is 74.0 Å². The smallest absolute Gasteiger partial charge is 0.248 e. The topological polar surface area (TPSA) is 90.4 Å². The highest BCUT2D eigenvalue weighted by Crippen LogP contribution is 2.64. The predicted molar refractivity (Wildman–Crippen MR) is 166 cm³/mol. The molecule has 228 valence electrons. The number of likely N-dealkylation sites (tertiary alicyclic amines) is 1. The first-order chi connectivity index (χ1) is 20.8. The van der Waals surface area contributed by atoms with Crippen molar-refractivity contribution in [3.8, 4) is 0 Å². The Morgan fingerprint density at radius 1 is 1.05 bits per heavy atom. The molecule has 2 unspecified atom stereocenters. The number of unbranched alkanes of at least 4 members (excludes halogenated alkanes) is 1. The van der Waals surface area contributed by atoms with E-state index in [1.165, 1.54) is 4.90 Å². The highest BCUT2D eigenvalue weighted by atomic mass is 16.5. The number of amides is 3. The lowest BCUT2D eigenvalue weighted by Gasteiger charge is -2.39.